The molecule has 0 saturated heterocycles. The molecule has 0 N–H and O–H groups in total. The molecule has 0 aliphatic heterocycles. The smallest absolute Gasteiger partial charge is 0.135 e. The fourth-order valence-electron chi connectivity index (χ4n) is 7.80. The molecule has 7 aromatic carbocycles. The zero-order valence-electron chi connectivity index (χ0n) is 24.6. The Kier molecular flexibility index (Phi) is 4.72. The number of thiophene rings is 1. The highest BCUT2D eigenvalue weighted by Gasteiger charge is 2.22. The number of hydrogen-bond acceptors (Lipinski definition) is 2. The molecule has 214 valence electrons. The first kappa shape index (κ1) is 24.5. The second-order valence-corrected chi connectivity index (χ2v) is 13.1. The van der Waals surface area contributed by atoms with Crippen LogP contribution in [0.5, 0.6) is 0 Å². The fraction of sp³-hybridized carbons (Fsp3) is 0. The summed E-state index contributed by atoms with van der Waals surface area (Å²) in [6, 6.07) is 52.7. The molecule has 4 heteroatoms. The summed E-state index contributed by atoms with van der Waals surface area (Å²) in [6.07, 6.45) is 0. The van der Waals surface area contributed by atoms with Crippen molar-refractivity contribution in [1.82, 2.24) is 9.13 Å². The summed E-state index contributed by atoms with van der Waals surface area (Å²) < 4.78 is 13.8. The average Bonchev–Trinajstić information content (AvgIpc) is 3.85. The van der Waals surface area contributed by atoms with Crippen molar-refractivity contribution < 1.29 is 4.42 Å². The molecule has 0 aliphatic rings. The highest BCUT2D eigenvalue weighted by molar-refractivity contribution is 7.26. The van der Waals surface area contributed by atoms with Crippen LogP contribution in [0.4, 0.5) is 0 Å². The summed E-state index contributed by atoms with van der Waals surface area (Å²) in [5.74, 6) is 0. The second kappa shape index (κ2) is 8.87. The lowest BCUT2D eigenvalue weighted by Gasteiger charge is -2.11. The van der Waals surface area contributed by atoms with Gasteiger partial charge in [0.2, 0.25) is 0 Å². The van der Waals surface area contributed by atoms with Crippen LogP contribution in [-0.2, 0) is 0 Å². The van der Waals surface area contributed by atoms with Crippen molar-refractivity contribution in [2.24, 2.45) is 0 Å². The minimum Gasteiger partial charge on any atom is -0.456 e. The van der Waals surface area contributed by atoms with E-state index in [0.29, 0.717) is 0 Å². The van der Waals surface area contributed by atoms with Gasteiger partial charge in [-0.3, -0.25) is 0 Å². The van der Waals surface area contributed by atoms with Gasteiger partial charge in [-0.05, 0) is 54.6 Å². The number of hydrogen-bond donors (Lipinski definition) is 0. The van der Waals surface area contributed by atoms with Crippen molar-refractivity contribution in [3.63, 3.8) is 0 Å². The summed E-state index contributed by atoms with van der Waals surface area (Å²) in [6.45, 7) is 0. The van der Waals surface area contributed by atoms with Crippen LogP contribution in [0, 0.1) is 0 Å². The minimum atomic E-state index is 0.907. The van der Waals surface area contributed by atoms with E-state index in [2.05, 4.69) is 143 Å². The molecule has 0 saturated carbocycles. The molecule has 0 spiro atoms. The molecule has 4 heterocycles. The first-order valence-electron chi connectivity index (χ1n) is 15.6. The van der Waals surface area contributed by atoms with Gasteiger partial charge in [-0.1, -0.05) is 91.0 Å². The molecule has 0 amide bonds. The first-order valence-corrected chi connectivity index (χ1v) is 16.4. The molecular weight excluding hydrogens is 581 g/mol. The summed E-state index contributed by atoms with van der Waals surface area (Å²) >= 11 is 1.88. The number of rotatable bonds is 2. The fourth-order valence-corrected chi connectivity index (χ4v) is 9.00. The van der Waals surface area contributed by atoms with E-state index in [-0.39, 0.29) is 0 Å². The zero-order valence-corrected chi connectivity index (χ0v) is 25.4. The number of aromatic nitrogens is 2. The number of nitrogens with zero attached hydrogens (tertiary/aromatic N) is 2. The number of para-hydroxylation sites is 3. The van der Waals surface area contributed by atoms with Gasteiger partial charge in [0.15, 0.2) is 0 Å². The summed E-state index contributed by atoms with van der Waals surface area (Å²) in [4.78, 5) is 0. The van der Waals surface area contributed by atoms with E-state index in [1.54, 1.807) is 0 Å². The third kappa shape index (κ3) is 3.11. The predicted octanol–water partition coefficient (Wildman–Crippen LogP) is 12.1. The molecule has 11 rings (SSSR count). The molecule has 0 bridgehead atoms. The van der Waals surface area contributed by atoms with Crippen molar-refractivity contribution >= 4 is 97.1 Å². The molecule has 0 radical (unpaired) electrons. The molecule has 11 aromatic rings. The zero-order chi connectivity index (χ0) is 29.9. The van der Waals surface area contributed by atoms with Gasteiger partial charge in [0.05, 0.1) is 32.5 Å². The van der Waals surface area contributed by atoms with E-state index in [1.807, 2.05) is 23.5 Å². The van der Waals surface area contributed by atoms with E-state index in [4.69, 9.17) is 4.42 Å². The third-order valence-electron chi connectivity index (χ3n) is 9.71. The molecule has 0 unspecified atom stereocenters. The quantitative estimate of drug-likeness (QED) is 0.192. The van der Waals surface area contributed by atoms with Crippen LogP contribution >= 0.6 is 11.3 Å². The van der Waals surface area contributed by atoms with Crippen LogP contribution in [-0.4, -0.2) is 9.13 Å². The Hall–Kier alpha value is -5.84. The van der Waals surface area contributed by atoms with E-state index >= 15 is 0 Å². The monoisotopic (exact) mass is 604 g/mol. The van der Waals surface area contributed by atoms with Crippen molar-refractivity contribution in [3.8, 4) is 11.4 Å². The van der Waals surface area contributed by atoms with Crippen LogP contribution in [0.25, 0.3) is 97.1 Å². The lowest BCUT2D eigenvalue weighted by atomic mass is 10.1. The van der Waals surface area contributed by atoms with Gasteiger partial charge in [-0.2, -0.15) is 0 Å². The lowest BCUT2D eigenvalue weighted by Crippen LogP contribution is -1.95. The summed E-state index contributed by atoms with van der Waals surface area (Å²) in [5.41, 5.74) is 9.01. The normalized spacial score (nSPS) is 12.3. The number of furan rings is 1. The average molecular weight is 605 g/mol. The van der Waals surface area contributed by atoms with E-state index in [1.165, 1.54) is 69.5 Å². The number of benzene rings is 7. The second-order valence-electron chi connectivity index (χ2n) is 12.1. The Morgan fingerprint density at radius 1 is 0.435 bits per heavy atom. The van der Waals surface area contributed by atoms with Crippen molar-refractivity contribution in [3.05, 3.63) is 146 Å². The predicted molar refractivity (Wildman–Crippen MR) is 195 cm³/mol. The molecule has 0 fully saturated rings. The Morgan fingerprint density at radius 2 is 1.13 bits per heavy atom. The van der Waals surface area contributed by atoms with Crippen molar-refractivity contribution in [1.29, 1.82) is 0 Å². The van der Waals surface area contributed by atoms with E-state index in [0.717, 1.165) is 27.6 Å². The van der Waals surface area contributed by atoms with Crippen molar-refractivity contribution in [2.45, 2.75) is 0 Å². The third-order valence-corrected chi connectivity index (χ3v) is 10.9. The van der Waals surface area contributed by atoms with E-state index < -0.39 is 0 Å². The van der Waals surface area contributed by atoms with Crippen molar-refractivity contribution in [2.75, 3.05) is 0 Å². The van der Waals surface area contributed by atoms with Gasteiger partial charge < -0.3 is 13.6 Å². The Balaban J connectivity index is 1.31. The SMILES string of the molecule is c1ccc2c(c1)oc1ccc(-n3c4ccccc4c4c3ccc3c5ccccc5n(-c5cccc6c5sc5ccccc56)c34)cc12. The molecule has 46 heavy (non-hydrogen) atoms. The van der Waals surface area contributed by atoms with Gasteiger partial charge in [0.1, 0.15) is 11.2 Å². The molecule has 3 nitrogen and oxygen atoms in total. The van der Waals surface area contributed by atoms with Gasteiger partial charge in [-0.15, -0.1) is 11.3 Å². The summed E-state index contributed by atoms with van der Waals surface area (Å²) in [5, 5.41) is 9.92. The maximum absolute atomic E-state index is 6.20. The lowest BCUT2D eigenvalue weighted by molar-refractivity contribution is 0.669. The minimum absolute atomic E-state index is 0.907. The number of fused-ring (bicyclic) bond motifs is 13. The maximum Gasteiger partial charge on any atom is 0.135 e. The molecule has 4 aromatic heterocycles. The highest BCUT2D eigenvalue weighted by Crippen LogP contribution is 2.45. The van der Waals surface area contributed by atoms with Gasteiger partial charge in [-0.25, -0.2) is 0 Å². The summed E-state index contributed by atoms with van der Waals surface area (Å²) in [7, 11) is 0. The van der Waals surface area contributed by atoms with Gasteiger partial charge >= 0.3 is 0 Å². The van der Waals surface area contributed by atoms with Crippen LogP contribution in [0.2, 0.25) is 0 Å². The Morgan fingerprint density at radius 3 is 2.02 bits per heavy atom. The maximum atomic E-state index is 6.20. The van der Waals surface area contributed by atoms with Gasteiger partial charge in [0.25, 0.3) is 0 Å². The van der Waals surface area contributed by atoms with Gasteiger partial charge in [0, 0.05) is 53.5 Å². The van der Waals surface area contributed by atoms with E-state index in [9.17, 15) is 0 Å². The Labute approximate surface area is 266 Å². The highest BCUT2D eigenvalue weighted by atomic mass is 32.1. The largest absolute Gasteiger partial charge is 0.456 e. The molecular formula is C42H24N2OS. The van der Waals surface area contributed by atoms with Crippen LogP contribution < -0.4 is 0 Å². The van der Waals surface area contributed by atoms with Crippen LogP contribution in [0.1, 0.15) is 0 Å². The Bertz CT molecular complexity index is 3040. The standard InChI is InChI=1S/C42H24N2OS/c1-5-15-33-26(10-1)29-21-22-35-40(41(29)44(33)36-17-9-14-30-28-12-4-8-19-39(28)46-42(30)36)31-13-2-6-16-34(31)43(35)25-20-23-38-32(24-25)27-11-3-7-18-37(27)45-38/h1-24H. The van der Waals surface area contributed by atoms with Crippen LogP contribution in [0.15, 0.2) is 150 Å². The van der Waals surface area contributed by atoms with Crippen LogP contribution in [0.3, 0.4) is 0 Å². The first-order chi connectivity index (χ1) is 22.8. The topological polar surface area (TPSA) is 23.0 Å². The molecule has 0 atom stereocenters. The molecule has 0 aliphatic carbocycles.